The molecular weight excluding hydrogens is 599 g/mol. The van der Waals surface area contributed by atoms with Crippen LogP contribution in [0.3, 0.4) is 0 Å². The number of amides is 1. The van der Waals surface area contributed by atoms with Gasteiger partial charge in [0.15, 0.2) is 0 Å². The number of halogens is 1. The average molecular weight is 625 g/mol. The Kier molecular flexibility index (Phi) is 7.22. The molecular formula is C32H25FN6O5S. The fourth-order valence-corrected chi connectivity index (χ4v) is 5.65. The van der Waals surface area contributed by atoms with Gasteiger partial charge in [-0.15, -0.1) is 0 Å². The van der Waals surface area contributed by atoms with E-state index in [-0.39, 0.29) is 34.2 Å². The fourth-order valence-electron chi connectivity index (χ4n) is 5.14. The monoisotopic (exact) mass is 624 g/mol. The molecule has 0 saturated carbocycles. The van der Waals surface area contributed by atoms with Gasteiger partial charge in [0, 0.05) is 47.6 Å². The maximum atomic E-state index is 13.7. The number of anilines is 1. The summed E-state index contributed by atoms with van der Waals surface area (Å²) in [4.78, 5) is 25.8. The lowest BCUT2D eigenvalue weighted by Gasteiger charge is -2.20. The number of aromatic amines is 1. The number of nitrogens with zero attached hydrogens (tertiary/aromatic N) is 4. The number of sulfonamides is 1. The third-order valence-corrected chi connectivity index (χ3v) is 8.64. The number of aromatic nitrogens is 3. The van der Waals surface area contributed by atoms with Gasteiger partial charge in [0.05, 0.1) is 53.8 Å². The van der Waals surface area contributed by atoms with Gasteiger partial charge in [-0.3, -0.25) is 9.10 Å². The summed E-state index contributed by atoms with van der Waals surface area (Å²) in [6.07, 6.45) is 2.50. The molecule has 226 valence electrons. The van der Waals surface area contributed by atoms with Crippen LogP contribution in [0.25, 0.3) is 55.8 Å². The lowest BCUT2D eigenvalue weighted by molar-refractivity contribution is 0.0964. The molecule has 0 saturated heterocycles. The highest BCUT2D eigenvalue weighted by molar-refractivity contribution is 7.92. The second-order valence-corrected chi connectivity index (χ2v) is 12.2. The lowest BCUT2D eigenvalue weighted by Crippen LogP contribution is -2.25. The summed E-state index contributed by atoms with van der Waals surface area (Å²) in [5, 5.41) is 13.3. The number of nitriles is 1. The van der Waals surface area contributed by atoms with Crippen LogP contribution in [0.2, 0.25) is 0 Å². The molecule has 0 bridgehead atoms. The molecule has 1 amide bonds. The number of carbonyl (C=O) groups excluding carboxylic acids is 1. The number of nitrogens with one attached hydrogen (secondary N) is 2. The summed E-state index contributed by atoms with van der Waals surface area (Å²) in [7, 11) is 0.538. The minimum Gasteiger partial charge on any atom is -0.479 e. The quantitative estimate of drug-likeness (QED) is 0.237. The average Bonchev–Trinajstić information content (AvgIpc) is 3.64. The smallest absolute Gasteiger partial charge is 0.255 e. The number of H-pyrrole nitrogens is 1. The largest absolute Gasteiger partial charge is 0.479 e. The maximum Gasteiger partial charge on any atom is 0.255 e. The number of fused-ring (bicyclic) bond motifs is 2. The zero-order valence-electron chi connectivity index (χ0n) is 24.5. The molecule has 0 unspecified atom stereocenters. The molecule has 0 aliphatic heterocycles. The van der Waals surface area contributed by atoms with Crippen molar-refractivity contribution in [2.24, 2.45) is 0 Å². The lowest BCUT2D eigenvalue weighted by atomic mass is 10.0. The molecule has 0 aliphatic rings. The van der Waals surface area contributed by atoms with E-state index in [9.17, 15) is 22.9 Å². The molecule has 6 aromatic rings. The van der Waals surface area contributed by atoms with Gasteiger partial charge >= 0.3 is 0 Å². The molecule has 0 atom stereocenters. The Labute approximate surface area is 257 Å². The Balaban J connectivity index is 1.64. The van der Waals surface area contributed by atoms with Crippen LogP contribution in [0.4, 0.5) is 10.1 Å². The van der Waals surface area contributed by atoms with E-state index in [0.717, 1.165) is 10.6 Å². The Bertz CT molecular complexity index is 2290. The number of ether oxygens (including phenoxy) is 1. The molecule has 3 heterocycles. The number of rotatable bonds is 7. The summed E-state index contributed by atoms with van der Waals surface area (Å²) < 4.78 is 52.0. The SMILES string of the molecule is CNC(=O)c1c(-c2ccc(F)cc2)oc2cc(N(C)S(C)(=O)=O)c(-c3cnc(OC)c(-c4cc5c(C#N)cccc5[nH]4)n3)cc12. The molecule has 0 spiro atoms. The van der Waals surface area contributed by atoms with E-state index in [4.69, 9.17) is 14.1 Å². The van der Waals surface area contributed by atoms with Crippen molar-refractivity contribution in [1.82, 2.24) is 20.3 Å². The molecule has 3 aromatic heterocycles. The van der Waals surface area contributed by atoms with E-state index < -0.39 is 21.7 Å². The van der Waals surface area contributed by atoms with Crippen molar-refractivity contribution in [1.29, 1.82) is 5.26 Å². The van der Waals surface area contributed by atoms with Crippen LogP contribution < -0.4 is 14.4 Å². The van der Waals surface area contributed by atoms with E-state index in [2.05, 4.69) is 21.4 Å². The van der Waals surface area contributed by atoms with Crippen molar-refractivity contribution < 1.29 is 26.8 Å². The second-order valence-electron chi connectivity index (χ2n) is 10.2. The van der Waals surface area contributed by atoms with Crippen LogP contribution in [0.15, 0.2) is 71.3 Å². The standard InChI is InChI=1S/C32H25FN6O5S/c1-35-31(40)28-22-12-21(26(39(2)45(4,41)42)14-27(22)44-30(28)17-8-10-19(33)11-9-17)25-16-36-32(43-3)29(38-25)24-13-20-18(15-34)6-5-7-23(20)37-24/h5-14,16,37H,1-4H3,(H,35,40). The van der Waals surface area contributed by atoms with Crippen molar-refractivity contribution in [3.63, 3.8) is 0 Å². The van der Waals surface area contributed by atoms with Crippen LogP contribution in [0, 0.1) is 17.1 Å². The number of carbonyl (C=O) groups is 1. The van der Waals surface area contributed by atoms with Crippen molar-refractivity contribution in [3.8, 4) is 45.9 Å². The molecule has 3 aromatic carbocycles. The second kappa shape index (κ2) is 11.1. The summed E-state index contributed by atoms with van der Waals surface area (Å²) in [5.74, 6) is -0.544. The summed E-state index contributed by atoms with van der Waals surface area (Å²) >= 11 is 0. The zero-order chi connectivity index (χ0) is 32.0. The van der Waals surface area contributed by atoms with Gasteiger partial charge in [-0.1, -0.05) is 6.07 Å². The Hall–Kier alpha value is -5.74. The van der Waals surface area contributed by atoms with Gasteiger partial charge in [-0.2, -0.15) is 5.26 Å². The first-order chi connectivity index (χ1) is 21.5. The van der Waals surface area contributed by atoms with Crippen molar-refractivity contribution in [2.75, 3.05) is 31.8 Å². The Morgan fingerprint density at radius 1 is 1.13 bits per heavy atom. The zero-order valence-corrected chi connectivity index (χ0v) is 25.3. The summed E-state index contributed by atoms with van der Waals surface area (Å²) in [6, 6.07) is 17.9. The first kappa shape index (κ1) is 29.3. The van der Waals surface area contributed by atoms with Gasteiger partial charge in [-0.25, -0.2) is 22.8 Å². The molecule has 0 fully saturated rings. The van der Waals surface area contributed by atoms with Gasteiger partial charge in [0.2, 0.25) is 15.9 Å². The highest BCUT2D eigenvalue weighted by Gasteiger charge is 2.27. The van der Waals surface area contributed by atoms with E-state index in [1.165, 1.54) is 57.7 Å². The maximum absolute atomic E-state index is 13.7. The number of hydrogen-bond donors (Lipinski definition) is 2. The predicted octanol–water partition coefficient (Wildman–Crippen LogP) is 5.48. The van der Waals surface area contributed by atoms with Gasteiger partial charge in [0.1, 0.15) is 22.9 Å². The summed E-state index contributed by atoms with van der Waals surface area (Å²) in [6.45, 7) is 0. The van der Waals surface area contributed by atoms with E-state index in [0.29, 0.717) is 44.4 Å². The third kappa shape index (κ3) is 5.11. The van der Waals surface area contributed by atoms with Crippen LogP contribution in [0.5, 0.6) is 5.88 Å². The fraction of sp³-hybridized carbons (Fsp3) is 0.125. The highest BCUT2D eigenvalue weighted by atomic mass is 32.2. The van der Waals surface area contributed by atoms with Crippen LogP contribution in [-0.4, -0.2) is 56.7 Å². The van der Waals surface area contributed by atoms with E-state index in [1.54, 1.807) is 24.3 Å². The Morgan fingerprint density at radius 3 is 2.56 bits per heavy atom. The van der Waals surface area contributed by atoms with Gasteiger partial charge in [-0.05, 0) is 48.5 Å². The minimum absolute atomic E-state index is 0.176. The molecule has 11 nitrogen and oxygen atoms in total. The predicted molar refractivity (Wildman–Crippen MR) is 168 cm³/mol. The molecule has 6 rings (SSSR count). The van der Waals surface area contributed by atoms with Crippen LogP contribution >= 0.6 is 0 Å². The molecule has 13 heteroatoms. The van der Waals surface area contributed by atoms with Crippen LogP contribution in [0.1, 0.15) is 15.9 Å². The van der Waals surface area contributed by atoms with Crippen LogP contribution in [-0.2, 0) is 10.0 Å². The van der Waals surface area contributed by atoms with Gasteiger partial charge < -0.3 is 19.5 Å². The molecule has 0 aliphatic carbocycles. The van der Waals surface area contributed by atoms with Gasteiger partial charge in [0.25, 0.3) is 5.91 Å². The topological polar surface area (TPSA) is 154 Å². The Morgan fingerprint density at radius 2 is 1.89 bits per heavy atom. The summed E-state index contributed by atoms with van der Waals surface area (Å²) in [5.41, 5.74) is 3.67. The highest BCUT2D eigenvalue weighted by Crippen LogP contribution is 2.42. The molecule has 0 radical (unpaired) electrons. The molecule has 45 heavy (non-hydrogen) atoms. The number of hydrogen-bond acceptors (Lipinski definition) is 8. The normalized spacial score (nSPS) is 11.5. The first-order valence-corrected chi connectivity index (χ1v) is 15.3. The van der Waals surface area contributed by atoms with Crippen molar-refractivity contribution in [3.05, 3.63) is 83.8 Å². The molecule has 2 N–H and O–H groups in total. The van der Waals surface area contributed by atoms with E-state index in [1.807, 2.05) is 6.07 Å². The van der Waals surface area contributed by atoms with Crippen molar-refractivity contribution >= 4 is 43.5 Å². The number of benzene rings is 3. The number of furan rings is 1. The van der Waals surface area contributed by atoms with E-state index >= 15 is 0 Å². The minimum atomic E-state index is -3.78. The first-order valence-electron chi connectivity index (χ1n) is 13.5. The van der Waals surface area contributed by atoms with Crippen molar-refractivity contribution in [2.45, 2.75) is 0 Å². The number of methoxy groups -OCH3 is 1. The third-order valence-electron chi connectivity index (χ3n) is 7.45.